The number of carbonyl (C=O) groups excluding carboxylic acids is 1. The molecule has 6 heteroatoms. The SMILES string of the molecule is NC1C2CCC(C2)C1C(=O)NCc1ccc(C(=O)O)nc1. The number of nitrogens with two attached hydrogens (primary N) is 1. The minimum Gasteiger partial charge on any atom is -0.477 e. The van der Waals surface area contributed by atoms with Crippen molar-refractivity contribution in [3.63, 3.8) is 0 Å². The van der Waals surface area contributed by atoms with Gasteiger partial charge in [0.2, 0.25) is 5.91 Å². The molecule has 1 amide bonds. The van der Waals surface area contributed by atoms with Crippen LogP contribution in [0.25, 0.3) is 0 Å². The largest absolute Gasteiger partial charge is 0.477 e. The zero-order valence-corrected chi connectivity index (χ0v) is 11.7. The summed E-state index contributed by atoms with van der Waals surface area (Å²) in [6.07, 6.45) is 4.81. The number of carboxylic acid groups (broad SMARTS) is 1. The molecule has 4 N–H and O–H groups in total. The minimum atomic E-state index is -1.06. The normalized spacial score (nSPS) is 30.3. The maximum atomic E-state index is 12.3. The van der Waals surface area contributed by atoms with Gasteiger partial charge in [-0.1, -0.05) is 6.07 Å². The smallest absolute Gasteiger partial charge is 0.354 e. The van der Waals surface area contributed by atoms with Gasteiger partial charge >= 0.3 is 5.97 Å². The molecule has 112 valence electrons. The molecule has 2 saturated carbocycles. The Morgan fingerprint density at radius 2 is 2.10 bits per heavy atom. The van der Waals surface area contributed by atoms with Crippen LogP contribution < -0.4 is 11.1 Å². The topological polar surface area (TPSA) is 105 Å². The van der Waals surface area contributed by atoms with Crippen LogP contribution in [0.5, 0.6) is 0 Å². The molecule has 0 saturated heterocycles. The second kappa shape index (κ2) is 5.44. The van der Waals surface area contributed by atoms with E-state index in [0.29, 0.717) is 18.4 Å². The lowest BCUT2D eigenvalue weighted by atomic mass is 9.84. The van der Waals surface area contributed by atoms with Crippen molar-refractivity contribution in [3.05, 3.63) is 29.6 Å². The van der Waals surface area contributed by atoms with Crippen molar-refractivity contribution in [2.45, 2.75) is 31.8 Å². The van der Waals surface area contributed by atoms with E-state index in [4.69, 9.17) is 10.8 Å². The van der Waals surface area contributed by atoms with Crippen LogP contribution in [-0.4, -0.2) is 28.0 Å². The van der Waals surface area contributed by atoms with Gasteiger partial charge in [-0.3, -0.25) is 4.79 Å². The second-order valence-corrected chi connectivity index (χ2v) is 6.01. The Labute approximate surface area is 122 Å². The Hall–Kier alpha value is -1.95. The van der Waals surface area contributed by atoms with E-state index in [9.17, 15) is 9.59 Å². The van der Waals surface area contributed by atoms with Crippen LogP contribution in [0.4, 0.5) is 0 Å². The molecule has 4 atom stereocenters. The van der Waals surface area contributed by atoms with Gasteiger partial charge in [-0.05, 0) is 42.7 Å². The zero-order chi connectivity index (χ0) is 15.0. The molecule has 1 aromatic heterocycles. The van der Waals surface area contributed by atoms with Crippen LogP contribution in [-0.2, 0) is 11.3 Å². The fourth-order valence-corrected chi connectivity index (χ4v) is 3.69. The van der Waals surface area contributed by atoms with Crippen LogP contribution >= 0.6 is 0 Å². The number of carbonyl (C=O) groups is 2. The molecule has 2 fully saturated rings. The number of nitrogens with zero attached hydrogens (tertiary/aromatic N) is 1. The van der Waals surface area contributed by atoms with Crippen molar-refractivity contribution in [1.82, 2.24) is 10.3 Å². The first-order valence-corrected chi connectivity index (χ1v) is 7.28. The molecule has 2 aliphatic rings. The third-order valence-electron chi connectivity index (χ3n) is 4.79. The first kappa shape index (κ1) is 14.0. The average molecular weight is 289 g/mol. The molecule has 2 bridgehead atoms. The molecular formula is C15H19N3O3. The molecule has 1 heterocycles. The van der Waals surface area contributed by atoms with Crippen molar-refractivity contribution < 1.29 is 14.7 Å². The first-order chi connectivity index (χ1) is 10.1. The molecule has 0 aliphatic heterocycles. The van der Waals surface area contributed by atoms with Crippen LogP contribution in [0, 0.1) is 17.8 Å². The van der Waals surface area contributed by atoms with Crippen molar-refractivity contribution in [1.29, 1.82) is 0 Å². The molecule has 6 nitrogen and oxygen atoms in total. The monoisotopic (exact) mass is 289 g/mol. The highest BCUT2D eigenvalue weighted by Crippen LogP contribution is 2.47. The summed E-state index contributed by atoms with van der Waals surface area (Å²) in [5.41, 5.74) is 6.93. The van der Waals surface area contributed by atoms with Crippen molar-refractivity contribution in [2.75, 3.05) is 0 Å². The fourth-order valence-electron chi connectivity index (χ4n) is 3.69. The molecule has 2 aliphatic carbocycles. The third-order valence-corrected chi connectivity index (χ3v) is 4.79. The summed E-state index contributed by atoms with van der Waals surface area (Å²) < 4.78 is 0. The number of rotatable bonds is 4. The predicted octanol–water partition coefficient (Wildman–Crippen LogP) is 0.769. The van der Waals surface area contributed by atoms with E-state index in [2.05, 4.69) is 10.3 Å². The molecule has 0 aromatic carbocycles. The van der Waals surface area contributed by atoms with Gasteiger partial charge in [-0.25, -0.2) is 9.78 Å². The number of hydrogen-bond donors (Lipinski definition) is 3. The molecule has 0 radical (unpaired) electrons. The van der Waals surface area contributed by atoms with E-state index in [1.807, 2.05) is 0 Å². The van der Waals surface area contributed by atoms with Gasteiger partial charge in [-0.2, -0.15) is 0 Å². The maximum absolute atomic E-state index is 12.3. The molecule has 4 unspecified atom stereocenters. The molecule has 3 rings (SSSR count). The number of carboxylic acids is 1. The number of aromatic carboxylic acids is 1. The Balaban J connectivity index is 1.57. The van der Waals surface area contributed by atoms with E-state index in [1.165, 1.54) is 12.3 Å². The van der Waals surface area contributed by atoms with E-state index in [-0.39, 0.29) is 23.6 Å². The summed E-state index contributed by atoms with van der Waals surface area (Å²) >= 11 is 0. The van der Waals surface area contributed by atoms with E-state index >= 15 is 0 Å². The Morgan fingerprint density at radius 3 is 2.67 bits per heavy atom. The highest BCUT2D eigenvalue weighted by atomic mass is 16.4. The summed E-state index contributed by atoms with van der Waals surface area (Å²) in [5, 5.41) is 11.7. The van der Waals surface area contributed by atoms with Crippen LogP contribution in [0.3, 0.4) is 0 Å². The highest BCUT2D eigenvalue weighted by molar-refractivity contribution is 5.85. The van der Waals surface area contributed by atoms with Gasteiger partial charge in [0.05, 0.1) is 5.92 Å². The van der Waals surface area contributed by atoms with Gasteiger partial charge in [0.25, 0.3) is 0 Å². The predicted molar refractivity (Wildman–Crippen MR) is 75.3 cm³/mol. The second-order valence-electron chi connectivity index (χ2n) is 6.01. The van der Waals surface area contributed by atoms with Gasteiger partial charge in [0.15, 0.2) is 0 Å². The van der Waals surface area contributed by atoms with Crippen molar-refractivity contribution in [3.8, 4) is 0 Å². The summed E-state index contributed by atoms with van der Waals surface area (Å²) in [6.45, 7) is 0.354. The lowest BCUT2D eigenvalue weighted by Gasteiger charge is -2.27. The van der Waals surface area contributed by atoms with Gasteiger partial charge < -0.3 is 16.2 Å². The van der Waals surface area contributed by atoms with Crippen molar-refractivity contribution in [2.24, 2.45) is 23.5 Å². The quantitative estimate of drug-likeness (QED) is 0.759. The number of amides is 1. The molecule has 21 heavy (non-hydrogen) atoms. The molecule has 1 aromatic rings. The molecule has 0 spiro atoms. The Morgan fingerprint density at radius 1 is 1.33 bits per heavy atom. The van der Waals surface area contributed by atoms with Crippen LogP contribution in [0.1, 0.15) is 35.3 Å². The van der Waals surface area contributed by atoms with Gasteiger partial charge in [0.1, 0.15) is 5.69 Å². The lowest BCUT2D eigenvalue weighted by molar-refractivity contribution is -0.127. The van der Waals surface area contributed by atoms with Gasteiger partial charge in [-0.15, -0.1) is 0 Å². The summed E-state index contributed by atoms with van der Waals surface area (Å²) in [4.78, 5) is 26.8. The van der Waals surface area contributed by atoms with Crippen LogP contribution in [0.2, 0.25) is 0 Å². The van der Waals surface area contributed by atoms with E-state index in [0.717, 1.165) is 24.8 Å². The Bertz CT molecular complexity index is 556. The third kappa shape index (κ3) is 2.63. The highest BCUT2D eigenvalue weighted by Gasteiger charge is 2.48. The molecular weight excluding hydrogens is 270 g/mol. The average Bonchev–Trinajstić information content (AvgIpc) is 3.06. The van der Waals surface area contributed by atoms with Crippen LogP contribution in [0.15, 0.2) is 18.3 Å². The summed E-state index contributed by atoms with van der Waals surface area (Å²) in [5.74, 6) is -0.190. The van der Waals surface area contributed by atoms with Gasteiger partial charge in [0, 0.05) is 18.8 Å². The zero-order valence-electron chi connectivity index (χ0n) is 11.7. The first-order valence-electron chi connectivity index (χ1n) is 7.28. The summed E-state index contributed by atoms with van der Waals surface area (Å²) in [7, 11) is 0. The number of fused-ring (bicyclic) bond motifs is 2. The number of pyridine rings is 1. The maximum Gasteiger partial charge on any atom is 0.354 e. The number of hydrogen-bond acceptors (Lipinski definition) is 4. The number of nitrogens with one attached hydrogen (secondary N) is 1. The summed E-state index contributed by atoms with van der Waals surface area (Å²) in [6, 6.07) is 3.08. The minimum absolute atomic E-state index is 0.000187. The lowest BCUT2D eigenvalue weighted by Crippen LogP contribution is -2.45. The fraction of sp³-hybridized carbons (Fsp3) is 0.533. The van der Waals surface area contributed by atoms with E-state index in [1.54, 1.807) is 6.07 Å². The standard InChI is InChI=1S/C15H19N3O3/c16-13-10-3-2-9(5-10)12(13)14(19)18-7-8-1-4-11(15(20)21)17-6-8/h1,4,6,9-10,12-13H,2-3,5,7,16H2,(H,18,19)(H,20,21). The van der Waals surface area contributed by atoms with Crippen molar-refractivity contribution >= 4 is 11.9 Å². The Kier molecular flexibility index (Phi) is 3.63. The van der Waals surface area contributed by atoms with E-state index < -0.39 is 5.97 Å². The number of aromatic nitrogens is 1.